The topological polar surface area (TPSA) is 17.1 Å². The van der Waals surface area contributed by atoms with Gasteiger partial charge in [0.05, 0.1) is 10.4 Å². The van der Waals surface area contributed by atoms with Gasteiger partial charge >= 0.3 is 0 Å². The maximum atomic E-state index is 13.8. The molecule has 0 saturated heterocycles. The van der Waals surface area contributed by atoms with Crippen LogP contribution in [0.5, 0.6) is 0 Å². The lowest BCUT2D eigenvalue weighted by molar-refractivity contribution is 0.103. The quantitative estimate of drug-likeness (QED) is 0.746. The van der Waals surface area contributed by atoms with Crippen LogP contribution < -0.4 is 0 Å². The van der Waals surface area contributed by atoms with Gasteiger partial charge in [-0.05, 0) is 56.4 Å². The fourth-order valence-electron chi connectivity index (χ4n) is 2.55. The Morgan fingerprint density at radius 3 is 2.79 bits per heavy atom. The third kappa shape index (κ3) is 2.35. The van der Waals surface area contributed by atoms with Crippen LogP contribution >= 0.6 is 11.3 Å². The van der Waals surface area contributed by atoms with Crippen LogP contribution in [0.25, 0.3) is 0 Å². The molecular weight excluding hydrogens is 259 g/mol. The molecule has 0 unspecified atom stereocenters. The molecule has 1 aromatic carbocycles. The number of thiophene rings is 1. The average molecular weight is 274 g/mol. The predicted molar refractivity (Wildman–Crippen MR) is 75.5 cm³/mol. The molecule has 98 valence electrons. The van der Waals surface area contributed by atoms with E-state index < -0.39 is 5.82 Å². The Hall–Kier alpha value is -1.48. The zero-order chi connectivity index (χ0) is 13.4. The summed E-state index contributed by atoms with van der Waals surface area (Å²) in [5.74, 6) is -0.609. The summed E-state index contributed by atoms with van der Waals surface area (Å²) in [6.45, 7) is 1.87. The Labute approximate surface area is 116 Å². The van der Waals surface area contributed by atoms with Crippen LogP contribution in [0.1, 0.15) is 44.1 Å². The van der Waals surface area contributed by atoms with Gasteiger partial charge < -0.3 is 0 Å². The maximum absolute atomic E-state index is 13.8. The normalized spacial score (nSPS) is 14.2. The standard InChI is InChI=1S/C16H15FOS/c1-10-6-7-13(17)12(8-10)16(18)15-9-11-4-2-3-5-14(11)19-15/h6-9H,2-5H2,1H3. The monoisotopic (exact) mass is 274 g/mol. The summed E-state index contributed by atoms with van der Waals surface area (Å²) >= 11 is 1.54. The van der Waals surface area contributed by atoms with Crippen LogP contribution in [0, 0.1) is 12.7 Å². The van der Waals surface area contributed by atoms with Gasteiger partial charge in [-0.2, -0.15) is 0 Å². The van der Waals surface area contributed by atoms with Gasteiger partial charge in [0.2, 0.25) is 5.78 Å². The largest absolute Gasteiger partial charge is 0.288 e. The first-order valence-corrected chi connectivity index (χ1v) is 7.39. The minimum absolute atomic E-state index is 0.180. The second-order valence-electron chi connectivity index (χ2n) is 5.08. The average Bonchev–Trinajstić information content (AvgIpc) is 2.84. The molecule has 3 rings (SSSR count). The molecule has 0 atom stereocenters. The van der Waals surface area contributed by atoms with Crippen LogP contribution in [0.4, 0.5) is 4.39 Å². The van der Waals surface area contributed by atoms with E-state index in [-0.39, 0.29) is 11.3 Å². The van der Waals surface area contributed by atoms with Crippen molar-refractivity contribution in [2.75, 3.05) is 0 Å². The van der Waals surface area contributed by atoms with Crippen LogP contribution in [-0.4, -0.2) is 5.78 Å². The molecule has 1 nitrogen and oxygen atoms in total. The Kier molecular flexibility index (Phi) is 3.23. The van der Waals surface area contributed by atoms with Crippen LogP contribution in [0.2, 0.25) is 0 Å². The number of hydrogen-bond donors (Lipinski definition) is 0. The van der Waals surface area contributed by atoms with Crippen molar-refractivity contribution in [3.05, 3.63) is 56.5 Å². The van der Waals surface area contributed by atoms with Crippen molar-refractivity contribution in [1.82, 2.24) is 0 Å². The number of halogens is 1. The number of rotatable bonds is 2. The van der Waals surface area contributed by atoms with Gasteiger partial charge in [-0.3, -0.25) is 4.79 Å². The molecule has 0 N–H and O–H groups in total. The van der Waals surface area contributed by atoms with Gasteiger partial charge in [0.15, 0.2) is 0 Å². The van der Waals surface area contributed by atoms with Gasteiger partial charge in [0.25, 0.3) is 0 Å². The molecule has 2 aromatic rings. The van der Waals surface area contributed by atoms with E-state index in [2.05, 4.69) is 0 Å². The van der Waals surface area contributed by atoms with E-state index in [9.17, 15) is 9.18 Å². The highest BCUT2D eigenvalue weighted by Crippen LogP contribution is 2.31. The van der Waals surface area contributed by atoms with E-state index >= 15 is 0 Å². The molecule has 0 aliphatic heterocycles. The van der Waals surface area contributed by atoms with E-state index in [0.29, 0.717) is 4.88 Å². The van der Waals surface area contributed by atoms with Gasteiger partial charge in [0, 0.05) is 4.88 Å². The minimum atomic E-state index is -0.429. The molecule has 1 heterocycles. The molecule has 0 bridgehead atoms. The number of carbonyl (C=O) groups excluding carboxylic acids is 1. The molecule has 0 fully saturated rings. The first kappa shape index (κ1) is 12.5. The fourth-order valence-corrected chi connectivity index (χ4v) is 3.76. The second-order valence-corrected chi connectivity index (χ2v) is 6.22. The smallest absolute Gasteiger partial charge is 0.205 e. The van der Waals surface area contributed by atoms with E-state index in [0.717, 1.165) is 18.4 Å². The van der Waals surface area contributed by atoms with Crippen molar-refractivity contribution in [2.24, 2.45) is 0 Å². The Morgan fingerprint density at radius 1 is 1.21 bits per heavy atom. The third-order valence-corrected chi connectivity index (χ3v) is 4.82. The highest BCUT2D eigenvalue weighted by molar-refractivity contribution is 7.14. The summed E-state index contributed by atoms with van der Waals surface area (Å²) < 4.78 is 13.8. The van der Waals surface area contributed by atoms with E-state index in [1.807, 2.05) is 13.0 Å². The molecule has 0 amide bonds. The number of fused-ring (bicyclic) bond motifs is 1. The summed E-state index contributed by atoms with van der Waals surface area (Å²) in [6, 6.07) is 6.65. The van der Waals surface area contributed by atoms with E-state index in [4.69, 9.17) is 0 Å². The molecule has 1 aliphatic carbocycles. The highest BCUT2D eigenvalue weighted by atomic mass is 32.1. The van der Waals surface area contributed by atoms with Gasteiger partial charge in [-0.15, -0.1) is 11.3 Å². The van der Waals surface area contributed by atoms with Gasteiger partial charge in [-0.1, -0.05) is 11.6 Å². The molecule has 3 heteroatoms. The number of carbonyl (C=O) groups is 1. The maximum Gasteiger partial charge on any atom is 0.205 e. The molecule has 0 spiro atoms. The van der Waals surface area contributed by atoms with Crippen molar-refractivity contribution in [3.8, 4) is 0 Å². The summed E-state index contributed by atoms with van der Waals surface area (Å²) in [6.07, 6.45) is 4.50. The first-order valence-electron chi connectivity index (χ1n) is 6.57. The van der Waals surface area contributed by atoms with Crippen molar-refractivity contribution < 1.29 is 9.18 Å². The lowest BCUT2D eigenvalue weighted by atomic mass is 9.98. The van der Waals surface area contributed by atoms with Crippen LogP contribution in [0.15, 0.2) is 24.3 Å². The molecular formula is C16H15FOS. The first-order chi connectivity index (χ1) is 9.15. The number of hydrogen-bond acceptors (Lipinski definition) is 2. The van der Waals surface area contributed by atoms with Crippen molar-refractivity contribution >= 4 is 17.1 Å². The third-order valence-electron chi connectivity index (χ3n) is 3.59. The number of aryl methyl sites for hydroxylation is 3. The van der Waals surface area contributed by atoms with Crippen molar-refractivity contribution in [1.29, 1.82) is 0 Å². The highest BCUT2D eigenvalue weighted by Gasteiger charge is 2.20. The Balaban J connectivity index is 1.99. The zero-order valence-electron chi connectivity index (χ0n) is 10.8. The van der Waals surface area contributed by atoms with Crippen molar-refractivity contribution in [3.63, 3.8) is 0 Å². The van der Waals surface area contributed by atoms with E-state index in [1.54, 1.807) is 12.1 Å². The lowest BCUT2D eigenvalue weighted by Gasteiger charge is -2.08. The second kappa shape index (κ2) is 4.89. The summed E-state index contributed by atoms with van der Waals surface area (Å²) in [4.78, 5) is 14.4. The van der Waals surface area contributed by atoms with Crippen LogP contribution in [-0.2, 0) is 12.8 Å². The molecule has 1 aliphatic rings. The summed E-state index contributed by atoms with van der Waals surface area (Å²) in [5.41, 5.74) is 2.39. The fraction of sp³-hybridized carbons (Fsp3) is 0.312. The van der Waals surface area contributed by atoms with E-state index in [1.165, 1.54) is 40.7 Å². The van der Waals surface area contributed by atoms with Crippen LogP contribution in [0.3, 0.4) is 0 Å². The zero-order valence-corrected chi connectivity index (χ0v) is 11.6. The minimum Gasteiger partial charge on any atom is -0.288 e. The molecule has 1 aromatic heterocycles. The predicted octanol–water partition coefficient (Wildman–Crippen LogP) is 4.31. The van der Waals surface area contributed by atoms with Crippen molar-refractivity contribution in [2.45, 2.75) is 32.6 Å². The Morgan fingerprint density at radius 2 is 2.00 bits per heavy atom. The summed E-state index contributed by atoms with van der Waals surface area (Å²) in [7, 11) is 0. The van der Waals surface area contributed by atoms with Gasteiger partial charge in [0.1, 0.15) is 5.82 Å². The number of ketones is 1. The molecule has 0 saturated carbocycles. The SMILES string of the molecule is Cc1ccc(F)c(C(=O)c2cc3c(s2)CCCC3)c1. The summed E-state index contributed by atoms with van der Waals surface area (Å²) in [5, 5.41) is 0. The Bertz CT molecular complexity index is 619. The molecule has 19 heavy (non-hydrogen) atoms. The molecule has 0 radical (unpaired) electrons. The lowest BCUT2D eigenvalue weighted by Crippen LogP contribution is -2.02. The van der Waals surface area contributed by atoms with Gasteiger partial charge in [-0.25, -0.2) is 4.39 Å². The number of benzene rings is 1.